The van der Waals surface area contributed by atoms with E-state index in [9.17, 15) is 9.59 Å². The summed E-state index contributed by atoms with van der Waals surface area (Å²) < 4.78 is 11.2. The number of nitrogens with zero attached hydrogens (tertiary/aromatic N) is 1. The van der Waals surface area contributed by atoms with Gasteiger partial charge in [0.2, 0.25) is 5.91 Å². The number of fused-ring (bicyclic) bond motifs is 2. The molecule has 0 fully saturated rings. The van der Waals surface area contributed by atoms with Crippen molar-refractivity contribution >= 4 is 28.4 Å². The van der Waals surface area contributed by atoms with Crippen molar-refractivity contribution in [2.24, 2.45) is 0 Å². The van der Waals surface area contributed by atoms with E-state index in [1.54, 1.807) is 25.1 Å². The minimum absolute atomic E-state index is 0.0550. The third-order valence-corrected chi connectivity index (χ3v) is 6.39. The zero-order valence-corrected chi connectivity index (χ0v) is 19.7. The Labute approximate surface area is 203 Å². The molecule has 7 nitrogen and oxygen atoms in total. The van der Waals surface area contributed by atoms with Crippen LogP contribution in [0.2, 0.25) is 0 Å². The van der Waals surface area contributed by atoms with E-state index in [0.717, 1.165) is 33.5 Å². The number of carbonyl (C=O) groups excluding carboxylic acids is 2. The van der Waals surface area contributed by atoms with Gasteiger partial charge in [0.1, 0.15) is 11.5 Å². The monoisotopic (exact) mass is 469 g/mol. The second-order valence-electron chi connectivity index (χ2n) is 8.45. The van der Waals surface area contributed by atoms with Crippen LogP contribution in [0, 0.1) is 0 Å². The molecule has 0 unspecified atom stereocenters. The molecular weight excluding hydrogens is 442 g/mol. The Morgan fingerprint density at radius 2 is 1.80 bits per heavy atom. The number of aromatic nitrogens is 1. The predicted octanol–water partition coefficient (Wildman–Crippen LogP) is 4.32. The Hall–Kier alpha value is -4.26. The summed E-state index contributed by atoms with van der Waals surface area (Å²) in [6.45, 7) is 0.175. The molecule has 0 saturated heterocycles. The van der Waals surface area contributed by atoms with Crippen LogP contribution in [0.3, 0.4) is 0 Å². The fourth-order valence-corrected chi connectivity index (χ4v) is 4.60. The Morgan fingerprint density at radius 1 is 1.06 bits per heavy atom. The Morgan fingerprint density at radius 3 is 2.57 bits per heavy atom. The highest BCUT2D eigenvalue weighted by molar-refractivity contribution is 5.98. The summed E-state index contributed by atoms with van der Waals surface area (Å²) in [5, 5.41) is 3.71. The van der Waals surface area contributed by atoms with Crippen molar-refractivity contribution in [2.75, 3.05) is 25.6 Å². The molecule has 2 N–H and O–H groups in total. The molecule has 2 heterocycles. The van der Waals surface area contributed by atoms with Gasteiger partial charge in [-0.15, -0.1) is 0 Å². The number of nitrogens with one attached hydrogen (secondary N) is 2. The number of rotatable bonds is 6. The zero-order valence-electron chi connectivity index (χ0n) is 19.7. The van der Waals surface area contributed by atoms with Crippen molar-refractivity contribution in [1.82, 2.24) is 10.3 Å². The van der Waals surface area contributed by atoms with Crippen LogP contribution in [0.15, 0.2) is 72.8 Å². The molecule has 0 saturated carbocycles. The molecule has 7 heteroatoms. The van der Waals surface area contributed by atoms with Gasteiger partial charge >= 0.3 is 0 Å². The lowest BCUT2D eigenvalue weighted by Gasteiger charge is -2.34. The average molecular weight is 470 g/mol. The minimum Gasteiger partial charge on any atom is -0.497 e. The number of benzene rings is 3. The van der Waals surface area contributed by atoms with Crippen molar-refractivity contribution < 1.29 is 19.1 Å². The third kappa shape index (κ3) is 4.33. The van der Waals surface area contributed by atoms with Gasteiger partial charge in [-0.3, -0.25) is 9.59 Å². The smallest absolute Gasteiger partial charge is 0.262 e. The lowest BCUT2D eigenvalue weighted by atomic mass is 10.0. The third-order valence-electron chi connectivity index (χ3n) is 6.39. The first-order valence-corrected chi connectivity index (χ1v) is 11.6. The number of hydrogen-bond acceptors (Lipinski definition) is 4. The number of ether oxygens (including phenoxy) is 2. The molecule has 0 radical (unpaired) electrons. The van der Waals surface area contributed by atoms with E-state index < -0.39 is 6.10 Å². The van der Waals surface area contributed by atoms with E-state index in [-0.39, 0.29) is 18.4 Å². The van der Waals surface area contributed by atoms with Crippen LogP contribution in [0.4, 0.5) is 5.69 Å². The van der Waals surface area contributed by atoms with Gasteiger partial charge in [0, 0.05) is 30.1 Å². The summed E-state index contributed by atoms with van der Waals surface area (Å²) in [5.74, 6) is 1.02. The molecule has 4 aromatic rings. The topological polar surface area (TPSA) is 83.7 Å². The van der Waals surface area contributed by atoms with Crippen molar-refractivity contribution in [3.05, 3.63) is 78.4 Å². The van der Waals surface area contributed by atoms with E-state index >= 15 is 0 Å². The number of carbonyl (C=O) groups is 2. The van der Waals surface area contributed by atoms with E-state index in [1.807, 2.05) is 60.7 Å². The SMILES string of the molecule is CNC(=O)[C@H]1CN(C(=O)CCc2c(-c3ccc(OC)cc3)[nH]c3ccccc23)c2ccccc2O1. The molecule has 2 amide bonds. The van der Waals surface area contributed by atoms with Gasteiger partial charge < -0.3 is 24.7 Å². The molecule has 178 valence electrons. The maximum Gasteiger partial charge on any atom is 0.262 e. The molecule has 1 atom stereocenters. The lowest BCUT2D eigenvalue weighted by molar-refractivity contribution is -0.127. The van der Waals surface area contributed by atoms with Gasteiger partial charge in [-0.1, -0.05) is 30.3 Å². The summed E-state index contributed by atoms with van der Waals surface area (Å²) in [5.41, 5.74) is 4.82. The zero-order chi connectivity index (χ0) is 24.4. The average Bonchev–Trinajstić information content (AvgIpc) is 3.29. The minimum atomic E-state index is -0.748. The van der Waals surface area contributed by atoms with Crippen molar-refractivity contribution in [2.45, 2.75) is 18.9 Å². The molecule has 0 bridgehead atoms. The van der Waals surface area contributed by atoms with Gasteiger partial charge in [0.25, 0.3) is 5.91 Å². The number of likely N-dealkylation sites (N-methyl/N-ethyl adjacent to an activating group) is 1. The number of aromatic amines is 1. The molecule has 3 aromatic carbocycles. The van der Waals surface area contributed by atoms with Gasteiger partial charge in [0.05, 0.1) is 19.3 Å². The van der Waals surface area contributed by atoms with Crippen LogP contribution in [0.1, 0.15) is 12.0 Å². The first-order chi connectivity index (χ1) is 17.1. The first kappa shape index (κ1) is 22.5. The number of anilines is 1. The summed E-state index contributed by atoms with van der Waals surface area (Å²) in [4.78, 5) is 31.0. The number of hydrogen-bond donors (Lipinski definition) is 2. The number of amides is 2. The molecule has 1 aliphatic rings. The van der Waals surface area contributed by atoms with Crippen LogP contribution in [-0.4, -0.2) is 43.6 Å². The van der Waals surface area contributed by atoms with Gasteiger partial charge in [0.15, 0.2) is 6.10 Å². The van der Waals surface area contributed by atoms with E-state index in [1.165, 1.54) is 0 Å². The van der Waals surface area contributed by atoms with Crippen molar-refractivity contribution in [3.8, 4) is 22.8 Å². The van der Waals surface area contributed by atoms with Crippen LogP contribution >= 0.6 is 0 Å². The highest BCUT2D eigenvalue weighted by Crippen LogP contribution is 2.35. The normalized spacial score (nSPS) is 14.8. The van der Waals surface area contributed by atoms with Crippen LogP contribution in [-0.2, 0) is 16.0 Å². The largest absolute Gasteiger partial charge is 0.497 e. The van der Waals surface area contributed by atoms with Crippen LogP contribution in [0.25, 0.3) is 22.2 Å². The Kier molecular flexibility index (Phi) is 6.14. The van der Waals surface area contributed by atoms with E-state index in [4.69, 9.17) is 9.47 Å². The molecular formula is C28H27N3O4. The quantitative estimate of drug-likeness (QED) is 0.441. The molecule has 5 rings (SSSR count). The fourth-order valence-electron chi connectivity index (χ4n) is 4.60. The molecule has 1 aliphatic heterocycles. The van der Waals surface area contributed by atoms with Gasteiger partial charge in [-0.2, -0.15) is 0 Å². The Balaban J connectivity index is 1.44. The number of methoxy groups -OCH3 is 1. The van der Waals surface area contributed by atoms with Crippen LogP contribution < -0.4 is 19.7 Å². The number of H-pyrrole nitrogens is 1. The molecule has 1 aromatic heterocycles. The summed E-state index contributed by atoms with van der Waals surface area (Å²) in [6.07, 6.45) is 0.0931. The molecule has 35 heavy (non-hydrogen) atoms. The first-order valence-electron chi connectivity index (χ1n) is 11.6. The summed E-state index contributed by atoms with van der Waals surface area (Å²) in [7, 11) is 3.21. The second kappa shape index (κ2) is 9.54. The highest BCUT2D eigenvalue weighted by atomic mass is 16.5. The van der Waals surface area contributed by atoms with Gasteiger partial charge in [-0.25, -0.2) is 0 Å². The summed E-state index contributed by atoms with van der Waals surface area (Å²) >= 11 is 0. The van der Waals surface area contributed by atoms with E-state index in [0.29, 0.717) is 24.3 Å². The van der Waals surface area contributed by atoms with Crippen molar-refractivity contribution in [1.29, 1.82) is 0 Å². The number of para-hydroxylation sites is 3. The maximum absolute atomic E-state index is 13.5. The standard InChI is InChI=1S/C28H27N3O4/c1-29-28(33)25-17-31(23-9-5-6-10-24(23)35-25)26(32)16-15-21-20-7-3-4-8-22(20)30-27(21)18-11-13-19(34-2)14-12-18/h3-14,25,30H,15-17H2,1-2H3,(H,29,33)/t25-/m1/s1. The Bertz CT molecular complexity index is 1380. The van der Waals surface area contributed by atoms with Crippen molar-refractivity contribution in [3.63, 3.8) is 0 Å². The molecule has 0 spiro atoms. The van der Waals surface area contributed by atoms with E-state index in [2.05, 4.69) is 16.4 Å². The fraction of sp³-hybridized carbons (Fsp3) is 0.214. The lowest BCUT2D eigenvalue weighted by Crippen LogP contribution is -2.50. The van der Waals surface area contributed by atoms with Gasteiger partial charge in [-0.05, 0) is 60.0 Å². The second-order valence-corrected chi connectivity index (χ2v) is 8.45. The molecule has 0 aliphatic carbocycles. The maximum atomic E-state index is 13.5. The number of aryl methyl sites for hydroxylation is 1. The predicted molar refractivity (Wildman–Crippen MR) is 136 cm³/mol. The van der Waals surface area contributed by atoms with Crippen LogP contribution in [0.5, 0.6) is 11.5 Å². The highest BCUT2D eigenvalue weighted by Gasteiger charge is 2.33. The summed E-state index contributed by atoms with van der Waals surface area (Å²) in [6, 6.07) is 23.3.